The number of fused-ring (bicyclic) bond motifs is 2. The van der Waals surface area contributed by atoms with Gasteiger partial charge in [0.25, 0.3) is 0 Å². The highest BCUT2D eigenvalue weighted by atomic mass is 16.5. The molecule has 8 rings (SSSR count). The van der Waals surface area contributed by atoms with Crippen LogP contribution in [0.1, 0.15) is 16.7 Å². The van der Waals surface area contributed by atoms with Crippen molar-refractivity contribution in [2.24, 2.45) is 0 Å². The van der Waals surface area contributed by atoms with Gasteiger partial charge in [-0.15, -0.1) is 0 Å². The number of rotatable bonds is 11. The first-order valence-electron chi connectivity index (χ1n) is 17.1. The Balaban J connectivity index is 0.000000159. The van der Waals surface area contributed by atoms with Gasteiger partial charge in [-0.3, -0.25) is 0 Å². The summed E-state index contributed by atoms with van der Waals surface area (Å²) in [5.41, 5.74) is 9.85. The molecule has 0 bridgehead atoms. The molecule has 0 aliphatic rings. The summed E-state index contributed by atoms with van der Waals surface area (Å²) in [4.78, 5) is 24.3. The van der Waals surface area contributed by atoms with Gasteiger partial charge in [-0.05, 0) is 78.4 Å². The van der Waals surface area contributed by atoms with Crippen molar-refractivity contribution in [3.8, 4) is 28.3 Å². The predicted octanol–water partition coefficient (Wildman–Crippen LogP) is 8.88. The molecular formula is C42H40N8O. The Hall–Kier alpha value is -6.48. The molecule has 0 aliphatic heterocycles. The van der Waals surface area contributed by atoms with Gasteiger partial charge >= 0.3 is 0 Å². The van der Waals surface area contributed by atoms with E-state index >= 15 is 0 Å². The van der Waals surface area contributed by atoms with Crippen LogP contribution in [0.2, 0.25) is 0 Å². The molecule has 0 unspecified atom stereocenters. The zero-order chi connectivity index (χ0) is 34.8. The van der Waals surface area contributed by atoms with E-state index in [4.69, 9.17) is 4.74 Å². The topological polar surface area (TPSA) is 116 Å². The number of benzene rings is 4. The molecule has 0 fully saturated rings. The van der Waals surface area contributed by atoms with Crippen LogP contribution in [0, 0.1) is 6.92 Å². The summed E-state index contributed by atoms with van der Waals surface area (Å²) in [7, 11) is 1.67. The second kappa shape index (κ2) is 15.8. The predicted molar refractivity (Wildman–Crippen MR) is 207 cm³/mol. The number of nitrogens with one attached hydrogen (secondary N) is 4. The second-order valence-electron chi connectivity index (χ2n) is 12.3. The minimum atomic E-state index is 0.819. The number of H-pyrrole nitrogens is 2. The van der Waals surface area contributed by atoms with E-state index in [1.807, 2.05) is 36.4 Å². The minimum Gasteiger partial charge on any atom is -0.497 e. The maximum Gasteiger partial charge on any atom is 0.143 e. The molecule has 4 aromatic heterocycles. The Kier molecular flexibility index (Phi) is 10.2. The van der Waals surface area contributed by atoms with Crippen molar-refractivity contribution in [2.45, 2.75) is 19.8 Å². The molecule has 0 saturated heterocycles. The third kappa shape index (κ3) is 8.22. The highest BCUT2D eigenvalue weighted by Gasteiger charge is 2.11. The van der Waals surface area contributed by atoms with Crippen LogP contribution in [0.4, 0.5) is 11.6 Å². The van der Waals surface area contributed by atoms with Crippen LogP contribution in [0.3, 0.4) is 0 Å². The maximum atomic E-state index is 5.22. The van der Waals surface area contributed by atoms with Crippen molar-refractivity contribution < 1.29 is 4.74 Å². The molecule has 0 amide bonds. The highest BCUT2D eigenvalue weighted by Crippen LogP contribution is 2.29. The SMILES string of the molecule is COc1ccc(-c2cc3c(NCCc4ccccc4)ncnc3[nH]2)cc1.Cc1ccc(-c2cc3c(NCCc4ccccc4)ncnc3[nH]2)cc1. The number of methoxy groups -OCH3 is 1. The largest absolute Gasteiger partial charge is 0.497 e. The quantitative estimate of drug-likeness (QED) is 0.108. The van der Waals surface area contributed by atoms with Crippen molar-refractivity contribution in [1.29, 1.82) is 0 Å². The Bertz CT molecular complexity index is 2300. The number of hydrogen-bond acceptors (Lipinski definition) is 7. The molecule has 4 heterocycles. The lowest BCUT2D eigenvalue weighted by atomic mass is 10.1. The number of anilines is 2. The minimum absolute atomic E-state index is 0.819. The van der Waals surface area contributed by atoms with E-state index in [0.717, 1.165) is 87.9 Å². The van der Waals surface area contributed by atoms with Gasteiger partial charge < -0.3 is 25.3 Å². The Morgan fingerprint density at radius 1 is 0.549 bits per heavy atom. The fourth-order valence-corrected chi connectivity index (χ4v) is 5.92. The molecule has 0 spiro atoms. The molecule has 0 aliphatic carbocycles. The van der Waals surface area contributed by atoms with E-state index < -0.39 is 0 Å². The van der Waals surface area contributed by atoms with Gasteiger partial charge in [0.2, 0.25) is 0 Å². The van der Waals surface area contributed by atoms with E-state index in [-0.39, 0.29) is 0 Å². The maximum absolute atomic E-state index is 5.22. The summed E-state index contributed by atoms with van der Waals surface area (Å²) in [5.74, 6) is 2.56. The third-order valence-electron chi connectivity index (χ3n) is 8.71. The van der Waals surface area contributed by atoms with Gasteiger partial charge in [0.15, 0.2) is 0 Å². The number of aromatic amines is 2. The average molecular weight is 673 g/mol. The Morgan fingerprint density at radius 2 is 1.00 bits per heavy atom. The molecule has 0 saturated carbocycles. The molecule has 8 aromatic rings. The van der Waals surface area contributed by atoms with Gasteiger partial charge in [0.1, 0.15) is 41.3 Å². The fourth-order valence-electron chi connectivity index (χ4n) is 5.92. The summed E-state index contributed by atoms with van der Waals surface area (Å²) < 4.78 is 5.22. The molecule has 9 heteroatoms. The zero-order valence-corrected chi connectivity index (χ0v) is 28.7. The first-order valence-corrected chi connectivity index (χ1v) is 17.1. The van der Waals surface area contributed by atoms with Gasteiger partial charge in [0, 0.05) is 24.5 Å². The lowest BCUT2D eigenvalue weighted by molar-refractivity contribution is 0.415. The van der Waals surface area contributed by atoms with Gasteiger partial charge in [-0.2, -0.15) is 0 Å². The first-order chi connectivity index (χ1) is 25.1. The van der Waals surface area contributed by atoms with Crippen LogP contribution in [-0.4, -0.2) is 50.1 Å². The molecule has 9 nitrogen and oxygen atoms in total. The van der Waals surface area contributed by atoms with Crippen LogP contribution in [0.25, 0.3) is 44.6 Å². The number of aromatic nitrogens is 6. The van der Waals surface area contributed by atoms with Crippen LogP contribution in [0.15, 0.2) is 134 Å². The van der Waals surface area contributed by atoms with Crippen molar-refractivity contribution in [1.82, 2.24) is 29.9 Å². The van der Waals surface area contributed by atoms with Crippen LogP contribution >= 0.6 is 0 Å². The zero-order valence-electron chi connectivity index (χ0n) is 28.7. The molecular weight excluding hydrogens is 633 g/mol. The van der Waals surface area contributed by atoms with Crippen molar-refractivity contribution in [3.05, 3.63) is 151 Å². The molecule has 0 radical (unpaired) electrons. The van der Waals surface area contributed by atoms with Crippen LogP contribution in [0.5, 0.6) is 5.75 Å². The van der Waals surface area contributed by atoms with Crippen LogP contribution in [-0.2, 0) is 12.8 Å². The summed E-state index contributed by atoms with van der Waals surface area (Å²) >= 11 is 0. The summed E-state index contributed by atoms with van der Waals surface area (Å²) in [6.45, 7) is 3.75. The van der Waals surface area contributed by atoms with Crippen molar-refractivity contribution in [2.75, 3.05) is 30.8 Å². The third-order valence-corrected chi connectivity index (χ3v) is 8.71. The van der Waals surface area contributed by atoms with E-state index in [1.54, 1.807) is 19.8 Å². The average Bonchev–Trinajstić information content (AvgIpc) is 3.83. The normalized spacial score (nSPS) is 10.9. The van der Waals surface area contributed by atoms with Crippen molar-refractivity contribution >= 4 is 33.7 Å². The van der Waals surface area contributed by atoms with Crippen LogP contribution < -0.4 is 15.4 Å². The van der Waals surface area contributed by atoms with E-state index in [1.165, 1.54) is 16.7 Å². The molecule has 254 valence electrons. The van der Waals surface area contributed by atoms with Gasteiger partial charge in [-0.1, -0.05) is 90.5 Å². The smallest absolute Gasteiger partial charge is 0.143 e. The summed E-state index contributed by atoms with van der Waals surface area (Å²) in [6.07, 6.45) is 5.09. The Labute approximate surface area is 297 Å². The first kappa shape index (κ1) is 33.0. The lowest BCUT2D eigenvalue weighted by Crippen LogP contribution is -2.06. The van der Waals surface area contributed by atoms with Gasteiger partial charge in [-0.25, -0.2) is 19.9 Å². The van der Waals surface area contributed by atoms with Crippen molar-refractivity contribution in [3.63, 3.8) is 0 Å². The van der Waals surface area contributed by atoms with E-state index in [9.17, 15) is 0 Å². The highest BCUT2D eigenvalue weighted by molar-refractivity contribution is 5.92. The Morgan fingerprint density at radius 3 is 1.45 bits per heavy atom. The number of ether oxygens (including phenoxy) is 1. The summed E-state index contributed by atoms with van der Waals surface area (Å²) in [5, 5.41) is 8.88. The lowest BCUT2D eigenvalue weighted by Gasteiger charge is -2.06. The number of aryl methyl sites for hydroxylation is 1. The number of hydrogen-bond donors (Lipinski definition) is 4. The molecule has 51 heavy (non-hydrogen) atoms. The van der Waals surface area contributed by atoms with E-state index in [2.05, 4.69) is 132 Å². The summed E-state index contributed by atoms with van der Waals surface area (Å²) in [6, 6.07) is 41.5. The standard InChI is InChI=1S/C21H20N4O.C21H20N4/c1-26-17-9-7-16(8-10-17)19-13-18-20(23-14-24-21(18)25-19)22-12-11-15-5-3-2-4-6-15;1-15-7-9-17(10-8-15)19-13-18-20(23-14-24-21(18)25-19)22-12-11-16-5-3-2-4-6-16/h2-10,13-14H,11-12H2,1H3,(H2,22,23,24,25);2-10,13-14H,11-12H2,1H3,(H2,22,23,24,25). The molecule has 4 aromatic carbocycles. The number of nitrogens with zero attached hydrogens (tertiary/aromatic N) is 4. The van der Waals surface area contributed by atoms with E-state index in [0.29, 0.717) is 0 Å². The second-order valence-corrected chi connectivity index (χ2v) is 12.3. The molecule has 4 N–H and O–H groups in total. The monoisotopic (exact) mass is 672 g/mol. The molecule has 0 atom stereocenters. The fraction of sp³-hybridized carbons (Fsp3) is 0.143. The van der Waals surface area contributed by atoms with Gasteiger partial charge in [0.05, 0.1) is 17.9 Å².